The third-order valence-corrected chi connectivity index (χ3v) is 5.29. The van der Waals surface area contributed by atoms with Gasteiger partial charge in [-0.25, -0.2) is 4.98 Å². The summed E-state index contributed by atoms with van der Waals surface area (Å²) in [5, 5.41) is 0. The zero-order chi connectivity index (χ0) is 14.2. The molecule has 0 unspecified atom stereocenters. The van der Waals surface area contributed by atoms with Gasteiger partial charge in [-0.2, -0.15) is 0 Å². The normalized spacial score (nSPS) is 14.5. The molecule has 3 nitrogen and oxygen atoms in total. The van der Waals surface area contributed by atoms with E-state index in [4.69, 9.17) is 9.72 Å². The molecule has 0 radical (unpaired) electrons. The van der Waals surface area contributed by atoms with E-state index < -0.39 is 0 Å². The van der Waals surface area contributed by atoms with E-state index in [1.807, 2.05) is 17.4 Å². The van der Waals surface area contributed by atoms with Crippen molar-refractivity contribution >= 4 is 16.3 Å². The highest BCUT2D eigenvalue weighted by Gasteiger charge is 2.22. The number of aromatic nitrogens is 2. The van der Waals surface area contributed by atoms with E-state index in [0.29, 0.717) is 6.61 Å². The number of hydrogen-bond donors (Lipinski definition) is 0. The molecule has 0 atom stereocenters. The first kappa shape index (κ1) is 13.0. The van der Waals surface area contributed by atoms with E-state index in [0.717, 1.165) is 17.1 Å². The molecule has 0 spiro atoms. The predicted molar refractivity (Wildman–Crippen MR) is 85.9 cm³/mol. The number of ether oxygens (including phenoxy) is 1. The van der Waals surface area contributed by atoms with Crippen LogP contribution in [0.4, 0.5) is 0 Å². The summed E-state index contributed by atoms with van der Waals surface area (Å²) in [7, 11) is 1.76. The van der Waals surface area contributed by atoms with Crippen LogP contribution in [0.2, 0.25) is 0 Å². The van der Waals surface area contributed by atoms with Gasteiger partial charge in [0.15, 0.2) is 4.96 Å². The Kier molecular flexibility index (Phi) is 3.28. The zero-order valence-corrected chi connectivity index (χ0v) is 12.9. The predicted octanol–water partition coefficient (Wildman–Crippen LogP) is 4.09. The number of thiazole rings is 1. The topological polar surface area (TPSA) is 26.5 Å². The second-order valence-electron chi connectivity index (χ2n) is 5.50. The number of aryl methyl sites for hydroxylation is 2. The summed E-state index contributed by atoms with van der Waals surface area (Å²) >= 11 is 1.85. The largest absolute Gasteiger partial charge is 0.378 e. The van der Waals surface area contributed by atoms with Crippen molar-refractivity contribution in [3.05, 3.63) is 46.6 Å². The van der Waals surface area contributed by atoms with Gasteiger partial charge in [-0.1, -0.05) is 30.3 Å². The molecule has 0 N–H and O–H groups in total. The Morgan fingerprint density at radius 2 is 2.00 bits per heavy atom. The first-order valence-corrected chi connectivity index (χ1v) is 8.26. The van der Waals surface area contributed by atoms with Gasteiger partial charge >= 0.3 is 0 Å². The van der Waals surface area contributed by atoms with Crippen LogP contribution < -0.4 is 0 Å². The van der Waals surface area contributed by atoms with Crippen molar-refractivity contribution in [3.63, 3.8) is 0 Å². The fourth-order valence-corrected chi connectivity index (χ4v) is 4.42. The average Bonchev–Trinajstić information content (AvgIpc) is 3.05. The highest BCUT2D eigenvalue weighted by atomic mass is 32.1. The van der Waals surface area contributed by atoms with Gasteiger partial charge in [0.05, 0.1) is 18.0 Å². The van der Waals surface area contributed by atoms with Crippen molar-refractivity contribution in [2.45, 2.75) is 32.3 Å². The molecule has 0 amide bonds. The fraction of sp³-hybridized carbons (Fsp3) is 0.353. The lowest BCUT2D eigenvalue weighted by Crippen LogP contribution is -2.06. The first-order chi connectivity index (χ1) is 10.4. The van der Waals surface area contributed by atoms with Crippen LogP contribution in [-0.2, 0) is 24.2 Å². The van der Waals surface area contributed by atoms with E-state index >= 15 is 0 Å². The summed E-state index contributed by atoms with van der Waals surface area (Å²) in [6.07, 6.45) is 4.96. The SMILES string of the molecule is COCc1c(-c2ccccc2)nc2sc3c(n12)CCCC3. The van der Waals surface area contributed by atoms with Crippen molar-refractivity contribution in [2.75, 3.05) is 7.11 Å². The Morgan fingerprint density at radius 1 is 1.19 bits per heavy atom. The Labute approximate surface area is 128 Å². The highest BCUT2D eigenvalue weighted by Crippen LogP contribution is 2.35. The van der Waals surface area contributed by atoms with Crippen molar-refractivity contribution in [1.29, 1.82) is 0 Å². The van der Waals surface area contributed by atoms with Gasteiger partial charge in [0.25, 0.3) is 0 Å². The van der Waals surface area contributed by atoms with Gasteiger partial charge in [-0.15, -0.1) is 11.3 Å². The van der Waals surface area contributed by atoms with E-state index in [2.05, 4.69) is 28.7 Å². The minimum atomic E-state index is 0.606. The van der Waals surface area contributed by atoms with Crippen molar-refractivity contribution < 1.29 is 4.74 Å². The van der Waals surface area contributed by atoms with Gasteiger partial charge in [0.1, 0.15) is 0 Å². The van der Waals surface area contributed by atoms with Gasteiger partial charge < -0.3 is 4.74 Å². The number of benzene rings is 1. The Balaban J connectivity index is 1.96. The molecule has 3 aromatic rings. The van der Waals surface area contributed by atoms with Crippen LogP contribution >= 0.6 is 11.3 Å². The van der Waals surface area contributed by atoms with Gasteiger partial charge in [0, 0.05) is 23.2 Å². The lowest BCUT2D eigenvalue weighted by molar-refractivity contribution is 0.181. The van der Waals surface area contributed by atoms with Crippen LogP contribution in [0.25, 0.3) is 16.2 Å². The molecule has 4 heteroatoms. The monoisotopic (exact) mass is 298 g/mol. The Morgan fingerprint density at radius 3 is 2.81 bits per heavy atom. The lowest BCUT2D eigenvalue weighted by atomic mass is 10.0. The molecule has 1 aliphatic rings. The van der Waals surface area contributed by atoms with Gasteiger partial charge in [-0.3, -0.25) is 4.40 Å². The van der Waals surface area contributed by atoms with Crippen molar-refractivity contribution in [2.24, 2.45) is 0 Å². The first-order valence-electron chi connectivity index (χ1n) is 7.44. The van der Waals surface area contributed by atoms with E-state index in [9.17, 15) is 0 Å². The second-order valence-corrected chi connectivity index (χ2v) is 6.57. The van der Waals surface area contributed by atoms with Crippen molar-refractivity contribution in [3.8, 4) is 11.3 Å². The molecule has 0 bridgehead atoms. The third-order valence-electron chi connectivity index (χ3n) is 4.14. The van der Waals surface area contributed by atoms with E-state index in [1.165, 1.54) is 41.1 Å². The maximum absolute atomic E-state index is 5.46. The van der Waals surface area contributed by atoms with Crippen LogP contribution in [0, 0.1) is 0 Å². The second kappa shape index (κ2) is 5.28. The summed E-state index contributed by atoms with van der Waals surface area (Å²) in [4.78, 5) is 7.54. The molecule has 21 heavy (non-hydrogen) atoms. The fourth-order valence-electron chi connectivity index (χ4n) is 3.19. The van der Waals surface area contributed by atoms with Crippen LogP contribution in [0.15, 0.2) is 30.3 Å². The summed E-state index contributed by atoms with van der Waals surface area (Å²) in [6, 6.07) is 10.4. The van der Waals surface area contributed by atoms with Crippen LogP contribution in [0.1, 0.15) is 29.1 Å². The van der Waals surface area contributed by atoms with Crippen LogP contribution in [0.5, 0.6) is 0 Å². The molecule has 0 saturated heterocycles. The Hall–Kier alpha value is -1.65. The molecule has 2 heterocycles. The number of imidazole rings is 1. The standard InChI is InChI=1S/C17H18N2OS/c1-20-11-14-16(12-7-3-2-4-8-12)18-17-19(14)13-9-5-6-10-15(13)21-17/h2-4,7-8H,5-6,9-11H2,1H3. The van der Waals surface area contributed by atoms with Gasteiger partial charge in [0.2, 0.25) is 0 Å². The van der Waals surface area contributed by atoms with Crippen LogP contribution in [0.3, 0.4) is 0 Å². The van der Waals surface area contributed by atoms with Crippen molar-refractivity contribution in [1.82, 2.24) is 9.38 Å². The maximum atomic E-state index is 5.46. The minimum absolute atomic E-state index is 0.606. The van der Waals surface area contributed by atoms with E-state index in [1.54, 1.807) is 7.11 Å². The molecular weight excluding hydrogens is 280 g/mol. The molecule has 108 valence electrons. The molecule has 4 rings (SSSR count). The number of methoxy groups -OCH3 is 1. The Bertz CT molecular complexity index is 773. The molecule has 1 aliphatic carbocycles. The number of hydrogen-bond acceptors (Lipinski definition) is 3. The summed E-state index contributed by atoms with van der Waals surface area (Å²) in [5.41, 5.74) is 4.89. The third kappa shape index (κ3) is 2.10. The lowest BCUT2D eigenvalue weighted by Gasteiger charge is -2.12. The molecule has 0 fully saturated rings. The number of fused-ring (bicyclic) bond motifs is 3. The highest BCUT2D eigenvalue weighted by molar-refractivity contribution is 7.17. The summed E-state index contributed by atoms with van der Waals surface area (Å²) in [6.45, 7) is 0.606. The molecule has 2 aromatic heterocycles. The van der Waals surface area contributed by atoms with Gasteiger partial charge in [-0.05, 0) is 25.7 Å². The molecular formula is C17H18N2OS. The molecule has 0 aliphatic heterocycles. The summed E-state index contributed by atoms with van der Waals surface area (Å²) < 4.78 is 7.81. The smallest absolute Gasteiger partial charge is 0.195 e. The number of rotatable bonds is 3. The minimum Gasteiger partial charge on any atom is -0.378 e. The van der Waals surface area contributed by atoms with Crippen LogP contribution in [-0.4, -0.2) is 16.5 Å². The molecule has 1 aromatic carbocycles. The zero-order valence-electron chi connectivity index (χ0n) is 12.1. The van der Waals surface area contributed by atoms with E-state index in [-0.39, 0.29) is 0 Å². The molecule has 0 saturated carbocycles. The average molecular weight is 298 g/mol. The number of nitrogens with zero attached hydrogens (tertiary/aromatic N) is 2. The maximum Gasteiger partial charge on any atom is 0.195 e. The quantitative estimate of drug-likeness (QED) is 0.728. The summed E-state index contributed by atoms with van der Waals surface area (Å²) in [5.74, 6) is 0.